The molecule has 1 aromatic rings. The lowest BCUT2D eigenvalue weighted by Gasteiger charge is -2.46. The van der Waals surface area contributed by atoms with Crippen LogP contribution in [0, 0.1) is 5.92 Å². The fraction of sp³-hybridized carbons (Fsp3) is 0.647. The molecule has 1 fully saturated rings. The molecule has 2 nitrogen and oxygen atoms in total. The van der Waals surface area contributed by atoms with Gasteiger partial charge in [-0.3, -0.25) is 0 Å². The minimum Gasteiger partial charge on any atom is -0.497 e. The third-order valence-electron chi connectivity index (χ3n) is 4.81. The Morgan fingerprint density at radius 2 is 2.21 bits per heavy atom. The molecule has 0 aliphatic carbocycles. The predicted molar refractivity (Wildman–Crippen MR) is 80.9 cm³/mol. The Morgan fingerprint density at radius 1 is 1.42 bits per heavy atom. The van der Waals surface area contributed by atoms with E-state index in [0.29, 0.717) is 11.3 Å². The van der Waals surface area contributed by atoms with Gasteiger partial charge in [0.2, 0.25) is 0 Å². The summed E-state index contributed by atoms with van der Waals surface area (Å²) in [5.41, 5.74) is 1.80. The zero-order valence-electron chi connectivity index (χ0n) is 12.8. The highest BCUT2D eigenvalue weighted by molar-refractivity contribution is 5.35. The minimum absolute atomic E-state index is 0.329. The molecule has 0 bridgehead atoms. The monoisotopic (exact) mass is 261 g/mol. The molecule has 2 heteroatoms. The van der Waals surface area contributed by atoms with Crippen molar-refractivity contribution in [1.29, 1.82) is 0 Å². The fourth-order valence-electron chi connectivity index (χ4n) is 3.69. The lowest BCUT2D eigenvalue weighted by molar-refractivity contribution is 0.112. The largest absolute Gasteiger partial charge is 0.497 e. The first-order valence-electron chi connectivity index (χ1n) is 7.45. The van der Waals surface area contributed by atoms with Crippen LogP contribution < -0.4 is 4.74 Å². The summed E-state index contributed by atoms with van der Waals surface area (Å²) in [6.45, 7) is 7.09. The van der Waals surface area contributed by atoms with Gasteiger partial charge in [-0.1, -0.05) is 32.4 Å². The van der Waals surface area contributed by atoms with Crippen LogP contribution in [0.25, 0.3) is 0 Å². The van der Waals surface area contributed by atoms with Gasteiger partial charge >= 0.3 is 0 Å². The molecule has 0 radical (unpaired) electrons. The molecule has 1 saturated heterocycles. The maximum atomic E-state index is 5.41. The molecular weight excluding hydrogens is 234 g/mol. The normalized spacial score (nSPS) is 28.3. The number of piperidine rings is 1. The van der Waals surface area contributed by atoms with E-state index in [-0.39, 0.29) is 0 Å². The van der Waals surface area contributed by atoms with Crippen LogP contribution in [0.2, 0.25) is 0 Å². The molecular formula is C17H27NO. The Balaban J connectivity index is 2.37. The molecule has 1 heterocycles. The van der Waals surface area contributed by atoms with Gasteiger partial charge < -0.3 is 9.64 Å². The highest BCUT2D eigenvalue weighted by atomic mass is 16.5. The number of hydrogen-bond acceptors (Lipinski definition) is 2. The van der Waals surface area contributed by atoms with Gasteiger partial charge in [0.05, 0.1) is 7.11 Å². The summed E-state index contributed by atoms with van der Waals surface area (Å²) < 4.78 is 5.41. The van der Waals surface area contributed by atoms with Crippen LogP contribution in [0.5, 0.6) is 5.75 Å². The van der Waals surface area contributed by atoms with Crippen LogP contribution in [0.3, 0.4) is 0 Å². The van der Waals surface area contributed by atoms with Crippen molar-refractivity contribution >= 4 is 0 Å². The number of ether oxygens (including phenoxy) is 1. The van der Waals surface area contributed by atoms with E-state index in [1.54, 1.807) is 7.11 Å². The van der Waals surface area contributed by atoms with Gasteiger partial charge in [0.25, 0.3) is 0 Å². The lowest BCUT2D eigenvalue weighted by atomic mass is 9.64. The van der Waals surface area contributed by atoms with Gasteiger partial charge in [0, 0.05) is 12.0 Å². The number of benzene rings is 1. The lowest BCUT2D eigenvalue weighted by Crippen LogP contribution is -2.47. The summed E-state index contributed by atoms with van der Waals surface area (Å²) in [4.78, 5) is 2.46. The van der Waals surface area contributed by atoms with E-state index in [9.17, 15) is 0 Å². The third kappa shape index (κ3) is 2.79. The van der Waals surface area contributed by atoms with E-state index in [1.165, 1.54) is 37.9 Å². The fourth-order valence-corrected chi connectivity index (χ4v) is 3.69. The highest BCUT2D eigenvalue weighted by Gasteiger charge is 2.40. The van der Waals surface area contributed by atoms with Gasteiger partial charge in [-0.05, 0) is 50.0 Å². The molecule has 0 unspecified atom stereocenters. The first kappa shape index (κ1) is 14.4. The molecule has 0 saturated carbocycles. The average molecular weight is 261 g/mol. The first-order chi connectivity index (χ1) is 9.12. The molecule has 0 aromatic heterocycles. The maximum absolute atomic E-state index is 5.41. The average Bonchev–Trinajstić information content (AvgIpc) is 2.42. The number of hydrogen-bond donors (Lipinski definition) is 0. The quantitative estimate of drug-likeness (QED) is 0.819. The molecule has 1 aliphatic heterocycles. The first-order valence-corrected chi connectivity index (χ1v) is 7.45. The Morgan fingerprint density at radius 3 is 2.84 bits per heavy atom. The van der Waals surface area contributed by atoms with Crippen LogP contribution in [-0.2, 0) is 5.41 Å². The standard InChI is InChI=1S/C17H27NO/c1-5-9-17(10-11-18(3)13-14(17)2)15-7-6-8-16(12-15)19-4/h6-8,12,14H,5,9-11,13H2,1-4H3/t14-,17-/m1/s1. The van der Waals surface area contributed by atoms with E-state index >= 15 is 0 Å². The van der Waals surface area contributed by atoms with Crippen molar-refractivity contribution in [1.82, 2.24) is 4.90 Å². The van der Waals surface area contributed by atoms with Crippen LogP contribution >= 0.6 is 0 Å². The topological polar surface area (TPSA) is 12.5 Å². The van der Waals surface area contributed by atoms with Crippen molar-refractivity contribution in [2.24, 2.45) is 5.92 Å². The van der Waals surface area contributed by atoms with Crippen molar-refractivity contribution in [2.75, 3.05) is 27.2 Å². The van der Waals surface area contributed by atoms with Gasteiger partial charge in [0.1, 0.15) is 5.75 Å². The molecule has 1 aromatic carbocycles. The smallest absolute Gasteiger partial charge is 0.119 e. The maximum Gasteiger partial charge on any atom is 0.119 e. The molecule has 106 valence electrons. The summed E-state index contributed by atoms with van der Waals surface area (Å²) in [6, 6.07) is 8.72. The Labute approximate surface area is 117 Å². The Bertz CT molecular complexity index is 417. The summed E-state index contributed by atoms with van der Waals surface area (Å²) >= 11 is 0. The summed E-state index contributed by atoms with van der Waals surface area (Å²) in [5, 5.41) is 0. The summed E-state index contributed by atoms with van der Waals surface area (Å²) in [5.74, 6) is 1.68. The van der Waals surface area contributed by atoms with E-state index < -0.39 is 0 Å². The second-order valence-electron chi connectivity index (χ2n) is 6.05. The van der Waals surface area contributed by atoms with Crippen LogP contribution in [0.4, 0.5) is 0 Å². The van der Waals surface area contributed by atoms with Crippen LogP contribution in [0.1, 0.15) is 38.7 Å². The number of nitrogens with zero attached hydrogens (tertiary/aromatic N) is 1. The van der Waals surface area contributed by atoms with Crippen molar-refractivity contribution in [3.63, 3.8) is 0 Å². The Hall–Kier alpha value is -1.02. The molecule has 0 amide bonds. The van der Waals surface area contributed by atoms with Gasteiger partial charge in [0.15, 0.2) is 0 Å². The van der Waals surface area contributed by atoms with Gasteiger partial charge in [-0.15, -0.1) is 0 Å². The molecule has 2 rings (SSSR count). The van der Waals surface area contributed by atoms with Gasteiger partial charge in [-0.2, -0.15) is 0 Å². The molecule has 0 N–H and O–H groups in total. The third-order valence-corrected chi connectivity index (χ3v) is 4.81. The molecule has 0 spiro atoms. The van der Waals surface area contributed by atoms with Crippen molar-refractivity contribution < 1.29 is 4.74 Å². The second kappa shape index (κ2) is 5.96. The summed E-state index contributed by atoms with van der Waals surface area (Å²) in [6.07, 6.45) is 3.77. The minimum atomic E-state index is 0.329. The predicted octanol–water partition coefficient (Wildman–Crippen LogP) is 3.70. The zero-order chi connectivity index (χ0) is 13.9. The number of methoxy groups -OCH3 is 1. The second-order valence-corrected chi connectivity index (χ2v) is 6.05. The van der Waals surface area contributed by atoms with E-state index in [0.717, 1.165) is 5.75 Å². The van der Waals surface area contributed by atoms with Crippen molar-refractivity contribution in [3.8, 4) is 5.75 Å². The SMILES string of the molecule is CCC[C@@]1(c2cccc(OC)c2)CCN(C)C[C@H]1C. The number of likely N-dealkylation sites (tertiary alicyclic amines) is 1. The molecule has 2 atom stereocenters. The van der Waals surface area contributed by atoms with E-state index in [1.807, 2.05) is 6.07 Å². The summed E-state index contributed by atoms with van der Waals surface area (Å²) in [7, 11) is 3.99. The van der Waals surface area contributed by atoms with E-state index in [4.69, 9.17) is 4.74 Å². The van der Waals surface area contributed by atoms with Crippen LogP contribution in [-0.4, -0.2) is 32.1 Å². The Kier molecular flexibility index (Phi) is 4.51. The van der Waals surface area contributed by atoms with Crippen molar-refractivity contribution in [3.05, 3.63) is 29.8 Å². The van der Waals surface area contributed by atoms with Crippen molar-refractivity contribution in [2.45, 2.75) is 38.5 Å². The van der Waals surface area contributed by atoms with Crippen LogP contribution in [0.15, 0.2) is 24.3 Å². The molecule has 1 aliphatic rings. The highest BCUT2D eigenvalue weighted by Crippen LogP contribution is 2.43. The zero-order valence-corrected chi connectivity index (χ0v) is 12.8. The van der Waals surface area contributed by atoms with E-state index in [2.05, 4.69) is 44.0 Å². The van der Waals surface area contributed by atoms with Gasteiger partial charge in [-0.25, -0.2) is 0 Å². The number of rotatable bonds is 4. The molecule has 19 heavy (non-hydrogen) atoms.